The van der Waals surface area contributed by atoms with Gasteiger partial charge in [0.05, 0.1) is 25.9 Å². The summed E-state index contributed by atoms with van der Waals surface area (Å²) in [5.74, 6) is 0.526. The Balaban J connectivity index is 1.66. The van der Waals surface area contributed by atoms with E-state index >= 15 is 0 Å². The normalized spacial score (nSPS) is 27.2. The van der Waals surface area contributed by atoms with Gasteiger partial charge in [0.15, 0.2) is 5.69 Å². The molecular weight excluding hydrogens is 322 g/mol. The summed E-state index contributed by atoms with van der Waals surface area (Å²) in [6, 6.07) is 1.68. The van der Waals surface area contributed by atoms with Crippen LogP contribution in [0.5, 0.6) is 0 Å². The smallest absolute Gasteiger partial charge is 0.276 e. The SMILES string of the molecule is CCN(CC)CC1CCC2(COCCN(C(=O)c3cc(C)on3)C2)O1. The van der Waals surface area contributed by atoms with E-state index in [-0.39, 0.29) is 12.0 Å². The number of aromatic nitrogens is 1. The molecule has 1 aromatic rings. The number of carbonyl (C=O) groups excluding carboxylic acids is 1. The van der Waals surface area contributed by atoms with Crippen molar-refractivity contribution < 1.29 is 18.8 Å². The van der Waals surface area contributed by atoms with Crippen molar-refractivity contribution in [1.82, 2.24) is 15.0 Å². The number of amides is 1. The van der Waals surface area contributed by atoms with Crippen molar-refractivity contribution >= 4 is 5.91 Å². The van der Waals surface area contributed by atoms with Gasteiger partial charge in [0, 0.05) is 19.2 Å². The molecule has 1 aromatic heterocycles. The summed E-state index contributed by atoms with van der Waals surface area (Å²) >= 11 is 0. The third kappa shape index (κ3) is 4.22. The number of nitrogens with zero attached hydrogens (tertiary/aromatic N) is 3. The van der Waals surface area contributed by atoms with Crippen molar-refractivity contribution in [1.29, 1.82) is 0 Å². The average Bonchev–Trinajstić information content (AvgIpc) is 3.15. The highest BCUT2D eigenvalue weighted by atomic mass is 16.6. The van der Waals surface area contributed by atoms with Gasteiger partial charge in [-0.05, 0) is 32.9 Å². The van der Waals surface area contributed by atoms with E-state index in [1.165, 1.54) is 0 Å². The fraction of sp³-hybridized carbons (Fsp3) is 0.778. The van der Waals surface area contributed by atoms with Crippen molar-refractivity contribution in [2.45, 2.75) is 45.3 Å². The molecule has 0 aliphatic carbocycles. The number of ether oxygens (including phenoxy) is 2. The molecule has 2 aliphatic heterocycles. The third-order valence-corrected chi connectivity index (χ3v) is 5.18. The van der Waals surface area contributed by atoms with Gasteiger partial charge in [0.2, 0.25) is 0 Å². The maximum absolute atomic E-state index is 12.7. The van der Waals surface area contributed by atoms with E-state index in [0.29, 0.717) is 37.8 Å². The molecule has 2 saturated heterocycles. The number of aryl methyl sites for hydroxylation is 1. The summed E-state index contributed by atoms with van der Waals surface area (Å²) in [7, 11) is 0. The molecule has 2 unspecified atom stereocenters. The van der Waals surface area contributed by atoms with E-state index in [0.717, 1.165) is 32.5 Å². The van der Waals surface area contributed by atoms with Crippen LogP contribution in [-0.4, -0.2) is 78.5 Å². The molecule has 2 atom stereocenters. The lowest BCUT2D eigenvalue weighted by atomic mass is 10.00. The van der Waals surface area contributed by atoms with E-state index in [1.54, 1.807) is 17.9 Å². The Kier molecular flexibility index (Phi) is 5.76. The van der Waals surface area contributed by atoms with Crippen LogP contribution in [0, 0.1) is 6.92 Å². The van der Waals surface area contributed by atoms with Crippen LogP contribution in [0.4, 0.5) is 0 Å². The van der Waals surface area contributed by atoms with Crippen LogP contribution in [0.3, 0.4) is 0 Å². The van der Waals surface area contributed by atoms with Gasteiger partial charge in [0.25, 0.3) is 5.91 Å². The quantitative estimate of drug-likeness (QED) is 0.805. The highest BCUT2D eigenvalue weighted by Gasteiger charge is 2.44. The van der Waals surface area contributed by atoms with Crippen LogP contribution >= 0.6 is 0 Å². The molecule has 0 radical (unpaired) electrons. The first kappa shape index (κ1) is 18.4. The van der Waals surface area contributed by atoms with Crippen LogP contribution in [0.15, 0.2) is 10.6 Å². The summed E-state index contributed by atoms with van der Waals surface area (Å²) in [6.07, 6.45) is 2.12. The summed E-state index contributed by atoms with van der Waals surface area (Å²) in [5.41, 5.74) is -0.0461. The molecule has 0 bridgehead atoms. The monoisotopic (exact) mass is 351 g/mol. The van der Waals surface area contributed by atoms with Crippen molar-refractivity contribution in [2.75, 3.05) is 45.9 Å². The number of hydrogen-bond donors (Lipinski definition) is 0. The molecule has 2 fully saturated rings. The first-order valence-electron chi connectivity index (χ1n) is 9.26. The summed E-state index contributed by atoms with van der Waals surface area (Å²) in [6.45, 7) is 11.3. The Bertz CT molecular complexity index is 587. The van der Waals surface area contributed by atoms with E-state index in [4.69, 9.17) is 14.0 Å². The van der Waals surface area contributed by atoms with E-state index in [2.05, 4.69) is 23.9 Å². The van der Waals surface area contributed by atoms with E-state index < -0.39 is 5.60 Å². The number of hydrogen-bond acceptors (Lipinski definition) is 6. The Morgan fingerprint density at radius 1 is 1.44 bits per heavy atom. The lowest BCUT2D eigenvalue weighted by molar-refractivity contribution is -0.0896. The molecule has 0 aromatic carbocycles. The van der Waals surface area contributed by atoms with Gasteiger partial charge < -0.3 is 23.8 Å². The second-order valence-corrected chi connectivity index (χ2v) is 7.05. The molecular formula is C18H29N3O4. The van der Waals surface area contributed by atoms with Gasteiger partial charge in [-0.2, -0.15) is 0 Å². The van der Waals surface area contributed by atoms with Gasteiger partial charge in [-0.3, -0.25) is 4.79 Å². The molecule has 3 rings (SSSR count). The molecule has 2 aliphatic rings. The molecule has 3 heterocycles. The highest BCUT2D eigenvalue weighted by molar-refractivity contribution is 5.92. The fourth-order valence-corrected chi connectivity index (χ4v) is 3.72. The average molecular weight is 351 g/mol. The molecule has 7 nitrogen and oxygen atoms in total. The Labute approximate surface area is 149 Å². The second kappa shape index (κ2) is 7.85. The minimum absolute atomic E-state index is 0.113. The second-order valence-electron chi connectivity index (χ2n) is 7.05. The zero-order valence-electron chi connectivity index (χ0n) is 15.5. The Hall–Kier alpha value is -1.44. The Morgan fingerprint density at radius 3 is 2.92 bits per heavy atom. The predicted octanol–water partition coefficient (Wildman–Crippen LogP) is 1.72. The van der Waals surface area contributed by atoms with Crippen LogP contribution in [-0.2, 0) is 9.47 Å². The minimum Gasteiger partial charge on any atom is -0.377 e. The molecule has 7 heteroatoms. The molecule has 1 amide bonds. The predicted molar refractivity (Wildman–Crippen MR) is 92.6 cm³/mol. The first-order chi connectivity index (χ1) is 12.0. The van der Waals surface area contributed by atoms with E-state index in [9.17, 15) is 4.79 Å². The largest absolute Gasteiger partial charge is 0.377 e. The lowest BCUT2D eigenvalue weighted by Crippen LogP contribution is -2.47. The van der Waals surface area contributed by atoms with E-state index in [1.807, 2.05) is 0 Å². The highest BCUT2D eigenvalue weighted by Crippen LogP contribution is 2.33. The molecule has 0 saturated carbocycles. The van der Waals surface area contributed by atoms with Crippen molar-refractivity contribution in [3.8, 4) is 0 Å². The topological polar surface area (TPSA) is 68.0 Å². The fourth-order valence-electron chi connectivity index (χ4n) is 3.72. The van der Waals surface area contributed by atoms with Gasteiger partial charge >= 0.3 is 0 Å². The lowest BCUT2D eigenvalue weighted by Gasteiger charge is -2.32. The minimum atomic E-state index is -0.400. The molecule has 0 N–H and O–H groups in total. The molecule has 1 spiro atoms. The summed E-state index contributed by atoms with van der Waals surface area (Å²) in [5, 5.41) is 3.86. The zero-order chi connectivity index (χ0) is 17.9. The Morgan fingerprint density at radius 2 is 2.24 bits per heavy atom. The third-order valence-electron chi connectivity index (χ3n) is 5.18. The number of rotatable bonds is 5. The van der Waals surface area contributed by atoms with Gasteiger partial charge in [-0.1, -0.05) is 19.0 Å². The van der Waals surface area contributed by atoms with Gasteiger partial charge in [-0.25, -0.2) is 0 Å². The van der Waals surface area contributed by atoms with Gasteiger partial charge in [0.1, 0.15) is 11.4 Å². The van der Waals surface area contributed by atoms with Crippen molar-refractivity contribution in [2.24, 2.45) is 0 Å². The maximum Gasteiger partial charge on any atom is 0.276 e. The summed E-state index contributed by atoms with van der Waals surface area (Å²) < 4.78 is 17.2. The summed E-state index contributed by atoms with van der Waals surface area (Å²) in [4.78, 5) is 16.9. The van der Waals surface area contributed by atoms with Crippen LogP contribution in [0.25, 0.3) is 0 Å². The van der Waals surface area contributed by atoms with Gasteiger partial charge in [-0.15, -0.1) is 0 Å². The van der Waals surface area contributed by atoms with Crippen LogP contribution < -0.4 is 0 Å². The molecule has 140 valence electrons. The zero-order valence-corrected chi connectivity index (χ0v) is 15.5. The number of carbonyl (C=O) groups is 1. The van der Waals surface area contributed by atoms with Crippen molar-refractivity contribution in [3.63, 3.8) is 0 Å². The molecule has 25 heavy (non-hydrogen) atoms. The van der Waals surface area contributed by atoms with Crippen LogP contribution in [0.2, 0.25) is 0 Å². The maximum atomic E-state index is 12.7. The number of likely N-dealkylation sites (N-methyl/N-ethyl adjacent to an activating group) is 1. The standard InChI is InChI=1S/C18H29N3O4/c1-4-20(5-2)11-15-6-7-18(24-15)12-21(8-9-23-13-18)17(22)16-10-14(3)25-19-16/h10,15H,4-9,11-13H2,1-3H3. The van der Waals surface area contributed by atoms with Crippen molar-refractivity contribution in [3.05, 3.63) is 17.5 Å². The van der Waals surface area contributed by atoms with Crippen LogP contribution in [0.1, 0.15) is 42.9 Å². The first-order valence-corrected chi connectivity index (χ1v) is 9.26.